The lowest BCUT2D eigenvalue weighted by Gasteiger charge is -2.11. The van der Waals surface area contributed by atoms with Crippen molar-refractivity contribution >= 4 is 10.9 Å². The van der Waals surface area contributed by atoms with Gasteiger partial charge in [-0.2, -0.15) is 0 Å². The minimum atomic E-state index is 0.165. The number of methoxy groups -OCH3 is 3. The molecule has 5 heteroatoms. The van der Waals surface area contributed by atoms with Gasteiger partial charge in [0, 0.05) is 18.2 Å². The minimum Gasteiger partial charge on any atom is -0.497 e. The maximum Gasteiger partial charge on any atom is 0.188 e. The molecule has 1 aromatic heterocycles. The van der Waals surface area contributed by atoms with Crippen molar-refractivity contribution in [3.63, 3.8) is 0 Å². The van der Waals surface area contributed by atoms with Crippen LogP contribution in [0.2, 0.25) is 0 Å². The highest BCUT2D eigenvalue weighted by Crippen LogP contribution is 2.41. The Hall–Kier alpha value is -2.66. The van der Waals surface area contributed by atoms with Crippen LogP contribution in [0.5, 0.6) is 17.2 Å². The van der Waals surface area contributed by atoms with E-state index in [1.54, 1.807) is 21.3 Å². The van der Waals surface area contributed by atoms with Gasteiger partial charge in [-0.25, -0.2) is 0 Å². The van der Waals surface area contributed by atoms with Crippen LogP contribution < -0.4 is 14.2 Å². The largest absolute Gasteiger partial charge is 0.497 e. The highest BCUT2D eigenvalue weighted by atomic mass is 16.7. The van der Waals surface area contributed by atoms with Crippen LogP contribution in [-0.4, -0.2) is 33.1 Å². The number of hydrogen-bond acceptors (Lipinski definition) is 4. The van der Waals surface area contributed by atoms with Gasteiger partial charge in [-0.1, -0.05) is 0 Å². The average Bonchev–Trinajstić information content (AvgIpc) is 2.96. The van der Waals surface area contributed by atoms with Gasteiger partial charge >= 0.3 is 0 Å². The van der Waals surface area contributed by atoms with Crippen LogP contribution in [0.4, 0.5) is 0 Å². The molecule has 0 atom stereocenters. The van der Waals surface area contributed by atoms with E-state index in [0.717, 1.165) is 33.5 Å². The molecular weight excluding hydrogens is 306 g/mol. The van der Waals surface area contributed by atoms with Gasteiger partial charge in [0.05, 0.1) is 19.7 Å². The molecule has 0 radical (unpaired) electrons. The van der Waals surface area contributed by atoms with E-state index in [4.69, 9.17) is 18.9 Å². The van der Waals surface area contributed by atoms with E-state index in [-0.39, 0.29) is 6.79 Å². The van der Waals surface area contributed by atoms with Gasteiger partial charge in [0.1, 0.15) is 5.75 Å². The van der Waals surface area contributed by atoms with Crippen molar-refractivity contribution in [2.45, 2.75) is 6.92 Å². The van der Waals surface area contributed by atoms with Crippen molar-refractivity contribution in [1.29, 1.82) is 0 Å². The summed E-state index contributed by atoms with van der Waals surface area (Å²) in [6.07, 6.45) is 0. The quantitative estimate of drug-likeness (QED) is 0.691. The smallest absolute Gasteiger partial charge is 0.188 e. The molecular formula is C19H21NO4. The Kier molecular flexibility index (Phi) is 4.62. The monoisotopic (exact) mass is 327 g/mol. The molecule has 3 rings (SSSR count). The Bertz CT molecular complexity index is 837. The molecule has 2 aromatic carbocycles. The summed E-state index contributed by atoms with van der Waals surface area (Å²) in [4.78, 5) is 3.47. The van der Waals surface area contributed by atoms with E-state index in [0.29, 0.717) is 11.5 Å². The first-order chi connectivity index (χ1) is 11.7. The third-order valence-corrected chi connectivity index (χ3v) is 4.05. The third-order valence-electron chi connectivity index (χ3n) is 4.05. The second-order valence-electron chi connectivity index (χ2n) is 5.42. The molecule has 0 saturated heterocycles. The maximum absolute atomic E-state index is 5.77. The predicted octanol–water partition coefficient (Wildman–Crippen LogP) is 4.14. The first-order valence-electron chi connectivity index (χ1n) is 7.65. The zero-order valence-corrected chi connectivity index (χ0v) is 14.3. The lowest BCUT2D eigenvalue weighted by Crippen LogP contribution is -2.01. The minimum absolute atomic E-state index is 0.165. The van der Waals surface area contributed by atoms with Crippen LogP contribution in [-0.2, 0) is 4.74 Å². The SMILES string of the molecule is COCOc1c(OC)ccc2[nH]c(-c3ccc(OC)cc3)c(C)c12. The van der Waals surface area contributed by atoms with E-state index >= 15 is 0 Å². The van der Waals surface area contributed by atoms with Crippen LogP contribution in [0.1, 0.15) is 5.56 Å². The van der Waals surface area contributed by atoms with Crippen molar-refractivity contribution < 1.29 is 18.9 Å². The van der Waals surface area contributed by atoms with E-state index in [9.17, 15) is 0 Å². The summed E-state index contributed by atoms with van der Waals surface area (Å²) in [5.41, 5.74) is 4.22. The summed E-state index contributed by atoms with van der Waals surface area (Å²) in [7, 11) is 4.89. The number of aryl methyl sites for hydroxylation is 1. The maximum atomic E-state index is 5.77. The normalized spacial score (nSPS) is 10.8. The number of nitrogens with one attached hydrogen (secondary N) is 1. The van der Waals surface area contributed by atoms with Crippen molar-refractivity contribution in [1.82, 2.24) is 4.98 Å². The second-order valence-corrected chi connectivity index (χ2v) is 5.42. The molecule has 5 nitrogen and oxygen atoms in total. The molecule has 0 bridgehead atoms. The van der Waals surface area contributed by atoms with Crippen LogP contribution >= 0.6 is 0 Å². The summed E-state index contributed by atoms with van der Waals surface area (Å²) >= 11 is 0. The molecule has 0 aliphatic carbocycles. The molecule has 0 fully saturated rings. The number of hydrogen-bond donors (Lipinski definition) is 1. The van der Waals surface area contributed by atoms with Crippen molar-refractivity contribution in [3.8, 4) is 28.5 Å². The number of rotatable bonds is 6. The number of aromatic amines is 1. The Morgan fingerprint density at radius 3 is 2.29 bits per heavy atom. The number of benzene rings is 2. The highest BCUT2D eigenvalue weighted by Gasteiger charge is 2.17. The Balaban J connectivity index is 2.15. The van der Waals surface area contributed by atoms with Gasteiger partial charge in [-0.15, -0.1) is 0 Å². The molecule has 0 amide bonds. The standard InChI is InChI=1S/C19H21NO4/c1-12-17-15(9-10-16(23-4)19(17)24-11-21-2)20-18(12)13-5-7-14(22-3)8-6-13/h5-10,20H,11H2,1-4H3. The van der Waals surface area contributed by atoms with E-state index in [1.165, 1.54) is 0 Å². The summed E-state index contributed by atoms with van der Waals surface area (Å²) in [6.45, 7) is 2.23. The summed E-state index contributed by atoms with van der Waals surface area (Å²) in [5.74, 6) is 2.20. The molecule has 24 heavy (non-hydrogen) atoms. The lowest BCUT2D eigenvalue weighted by atomic mass is 10.1. The first kappa shape index (κ1) is 16.2. The first-order valence-corrected chi connectivity index (χ1v) is 7.65. The van der Waals surface area contributed by atoms with Crippen molar-refractivity contribution in [2.24, 2.45) is 0 Å². The van der Waals surface area contributed by atoms with Crippen LogP contribution in [0.15, 0.2) is 36.4 Å². The Morgan fingerprint density at radius 1 is 0.917 bits per heavy atom. The van der Waals surface area contributed by atoms with Crippen molar-refractivity contribution in [2.75, 3.05) is 28.1 Å². The topological polar surface area (TPSA) is 52.7 Å². The molecule has 126 valence electrons. The number of H-pyrrole nitrogens is 1. The highest BCUT2D eigenvalue weighted by molar-refractivity contribution is 5.96. The number of ether oxygens (including phenoxy) is 4. The predicted molar refractivity (Wildman–Crippen MR) is 94.1 cm³/mol. The van der Waals surface area contributed by atoms with Gasteiger partial charge in [0.2, 0.25) is 0 Å². The number of fused-ring (bicyclic) bond motifs is 1. The second kappa shape index (κ2) is 6.84. The molecule has 1 heterocycles. The molecule has 0 aliphatic heterocycles. The van der Waals surface area contributed by atoms with Gasteiger partial charge in [-0.3, -0.25) is 0 Å². The average molecular weight is 327 g/mol. The summed E-state index contributed by atoms with van der Waals surface area (Å²) in [5, 5.41) is 0.997. The Morgan fingerprint density at radius 2 is 1.67 bits per heavy atom. The van der Waals surface area contributed by atoms with E-state index in [2.05, 4.69) is 11.9 Å². The zero-order chi connectivity index (χ0) is 17.1. The molecule has 0 spiro atoms. The fourth-order valence-electron chi connectivity index (χ4n) is 2.86. The summed E-state index contributed by atoms with van der Waals surface area (Å²) < 4.78 is 21.5. The Labute approximate surface area is 141 Å². The third kappa shape index (κ3) is 2.78. The zero-order valence-electron chi connectivity index (χ0n) is 14.3. The van der Waals surface area contributed by atoms with Crippen LogP contribution in [0.3, 0.4) is 0 Å². The van der Waals surface area contributed by atoms with Crippen molar-refractivity contribution in [3.05, 3.63) is 42.0 Å². The van der Waals surface area contributed by atoms with E-state index in [1.807, 2.05) is 36.4 Å². The van der Waals surface area contributed by atoms with Gasteiger partial charge < -0.3 is 23.9 Å². The molecule has 0 aliphatic rings. The molecule has 3 aromatic rings. The lowest BCUT2D eigenvalue weighted by molar-refractivity contribution is 0.0503. The van der Waals surface area contributed by atoms with Gasteiger partial charge in [0.25, 0.3) is 0 Å². The van der Waals surface area contributed by atoms with Gasteiger partial charge in [-0.05, 0) is 54.4 Å². The van der Waals surface area contributed by atoms with Gasteiger partial charge in [0.15, 0.2) is 18.3 Å². The number of aromatic nitrogens is 1. The fourth-order valence-corrected chi connectivity index (χ4v) is 2.86. The fraction of sp³-hybridized carbons (Fsp3) is 0.263. The van der Waals surface area contributed by atoms with Crippen LogP contribution in [0.25, 0.3) is 22.2 Å². The van der Waals surface area contributed by atoms with E-state index < -0.39 is 0 Å². The molecule has 0 saturated carbocycles. The summed E-state index contributed by atoms with van der Waals surface area (Å²) in [6, 6.07) is 11.8. The van der Waals surface area contributed by atoms with Crippen LogP contribution in [0, 0.1) is 6.92 Å². The molecule has 0 unspecified atom stereocenters. The molecule has 1 N–H and O–H groups in total.